The van der Waals surface area contributed by atoms with Gasteiger partial charge in [-0.3, -0.25) is 4.68 Å². The van der Waals surface area contributed by atoms with Gasteiger partial charge in [0, 0.05) is 32.1 Å². The van der Waals surface area contributed by atoms with E-state index in [9.17, 15) is 0 Å². The minimum Gasteiger partial charge on any atom is -0.384 e. The monoisotopic (exact) mass is 219 g/mol. The highest BCUT2D eigenvalue weighted by atomic mass is 15.3. The summed E-state index contributed by atoms with van der Waals surface area (Å²) in [6.45, 7) is 2.13. The Morgan fingerprint density at radius 1 is 1.38 bits per heavy atom. The number of aromatic nitrogens is 4. The van der Waals surface area contributed by atoms with E-state index >= 15 is 0 Å². The maximum atomic E-state index is 6.01. The summed E-state index contributed by atoms with van der Waals surface area (Å²) < 4.78 is 3.68. The number of rotatable bonds is 3. The largest absolute Gasteiger partial charge is 0.384 e. The summed E-state index contributed by atoms with van der Waals surface area (Å²) in [5.41, 5.74) is 8.00. The molecule has 0 aliphatic heterocycles. The molecule has 0 aliphatic rings. The molecule has 2 N–H and O–H groups in total. The number of imidazole rings is 1. The van der Waals surface area contributed by atoms with Crippen molar-refractivity contribution in [2.75, 3.05) is 5.73 Å². The van der Waals surface area contributed by atoms with E-state index in [2.05, 4.69) is 17.0 Å². The Labute approximate surface area is 94.9 Å². The van der Waals surface area contributed by atoms with Crippen LogP contribution in [0.3, 0.4) is 0 Å². The van der Waals surface area contributed by atoms with E-state index in [4.69, 9.17) is 5.73 Å². The molecule has 0 saturated heterocycles. The van der Waals surface area contributed by atoms with Gasteiger partial charge < -0.3 is 10.3 Å². The molecule has 0 aliphatic carbocycles. The first-order valence-electron chi connectivity index (χ1n) is 5.44. The van der Waals surface area contributed by atoms with E-state index in [0.29, 0.717) is 0 Å². The minimum atomic E-state index is 0.736. The van der Waals surface area contributed by atoms with Crippen molar-refractivity contribution in [3.8, 4) is 11.5 Å². The Kier molecular flexibility index (Phi) is 2.68. The minimum absolute atomic E-state index is 0.736. The number of nitrogen functional groups attached to an aromatic ring is 1. The summed E-state index contributed by atoms with van der Waals surface area (Å²) in [6.07, 6.45) is 5.67. The van der Waals surface area contributed by atoms with Gasteiger partial charge in [-0.05, 0) is 6.42 Å². The van der Waals surface area contributed by atoms with Gasteiger partial charge in [0.15, 0.2) is 5.82 Å². The van der Waals surface area contributed by atoms with Crippen LogP contribution < -0.4 is 5.73 Å². The van der Waals surface area contributed by atoms with E-state index in [1.165, 1.54) is 0 Å². The third-order valence-corrected chi connectivity index (χ3v) is 2.73. The third-order valence-electron chi connectivity index (χ3n) is 2.73. The van der Waals surface area contributed by atoms with Crippen molar-refractivity contribution in [1.82, 2.24) is 19.3 Å². The topological polar surface area (TPSA) is 61.7 Å². The van der Waals surface area contributed by atoms with Gasteiger partial charge in [-0.2, -0.15) is 5.10 Å². The second kappa shape index (κ2) is 4.00. The quantitative estimate of drug-likeness (QED) is 0.847. The fourth-order valence-corrected chi connectivity index (χ4v) is 1.85. The summed E-state index contributed by atoms with van der Waals surface area (Å²) in [7, 11) is 3.82. The maximum Gasteiger partial charge on any atom is 0.160 e. The molecule has 2 aromatic heterocycles. The van der Waals surface area contributed by atoms with Gasteiger partial charge in [-0.25, -0.2) is 4.98 Å². The molecule has 0 fully saturated rings. The van der Waals surface area contributed by atoms with E-state index in [1.54, 1.807) is 10.9 Å². The molecule has 0 atom stereocenters. The van der Waals surface area contributed by atoms with E-state index in [-0.39, 0.29) is 0 Å². The zero-order valence-corrected chi connectivity index (χ0v) is 9.94. The number of hydrogen-bond acceptors (Lipinski definition) is 3. The van der Waals surface area contributed by atoms with Crippen LogP contribution >= 0.6 is 0 Å². The average Bonchev–Trinajstić information content (AvgIpc) is 2.77. The first-order chi connectivity index (χ1) is 7.65. The van der Waals surface area contributed by atoms with Crippen LogP contribution in [0.2, 0.25) is 0 Å². The van der Waals surface area contributed by atoms with Gasteiger partial charge in [0.1, 0.15) is 11.5 Å². The van der Waals surface area contributed by atoms with Gasteiger partial charge in [0.25, 0.3) is 0 Å². The summed E-state index contributed by atoms with van der Waals surface area (Å²) in [5, 5.41) is 4.44. The molecule has 2 heterocycles. The Morgan fingerprint density at radius 3 is 2.69 bits per heavy atom. The fourth-order valence-electron chi connectivity index (χ4n) is 1.85. The first kappa shape index (κ1) is 10.7. The van der Waals surface area contributed by atoms with Crippen LogP contribution in [0.4, 0.5) is 5.82 Å². The van der Waals surface area contributed by atoms with Crippen molar-refractivity contribution in [3.05, 3.63) is 18.0 Å². The van der Waals surface area contributed by atoms with Gasteiger partial charge in [0.05, 0.1) is 0 Å². The zero-order chi connectivity index (χ0) is 11.7. The van der Waals surface area contributed by atoms with Gasteiger partial charge in [0.2, 0.25) is 0 Å². The van der Waals surface area contributed by atoms with Crippen molar-refractivity contribution in [2.24, 2.45) is 14.1 Å². The molecule has 0 amide bonds. The molecular formula is C11H17N5. The predicted molar refractivity (Wildman–Crippen MR) is 63.8 cm³/mol. The Hall–Kier alpha value is -1.78. The summed E-state index contributed by atoms with van der Waals surface area (Å²) in [4.78, 5) is 4.31. The molecule has 16 heavy (non-hydrogen) atoms. The molecule has 2 rings (SSSR count). The number of nitrogens with two attached hydrogens (primary N) is 1. The van der Waals surface area contributed by atoms with Crippen LogP contribution in [-0.2, 0) is 20.5 Å². The summed E-state index contributed by atoms with van der Waals surface area (Å²) in [6, 6.07) is 0. The van der Waals surface area contributed by atoms with Crippen LogP contribution in [0.1, 0.15) is 18.9 Å². The highest BCUT2D eigenvalue weighted by Gasteiger charge is 2.17. The van der Waals surface area contributed by atoms with Crippen LogP contribution in [0.5, 0.6) is 0 Å². The highest BCUT2D eigenvalue weighted by Crippen LogP contribution is 2.26. The first-order valence-corrected chi connectivity index (χ1v) is 5.44. The van der Waals surface area contributed by atoms with Crippen molar-refractivity contribution < 1.29 is 0 Å². The number of anilines is 1. The SMILES string of the molecule is CCCc1c(-c2nccn2C)nn(C)c1N. The van der Waals surface area contributed by atoms with Crippen molar-refractivity contribution >= 4 is 5.82 Å². The maximum absolute atomic E-state index is 6.01. The predicted octanol–water partition coefficient (Wildman–Crippen LogP) is 1.36. The summed E-state index contributed by atoms with van der Waals surface area (Å²) >= 11 is 0. The van der Waals surface area contributed by atoms with Crippen LogP contribution in [0.25, 0.3) is 11.5 Å². The Morgan fingerprint density at radius 2 is 2.12 bits per heavy atom. The lowest BCUT2D eigenvalue weighted by Crippen LogP contribution is -1.99. The normalized spacial score (nSPS) is 10.9. The second-order valence-electron chi connectivity index (χ2n) is 3.95. The number of aryl methyl sites for hydroxylation is 2. The van der Waals surface area contributed by atoms with Crippen molar-refractivity contribution in [2.45, 2.75) is 19.8 Å². The van der Waals surface area contributed by atoms with E-state index in [1.807, 2.05) is 24.9 Å². The lowest BCUT2D eigenvalue weighted by atomic mass is 10.1. The fraction of sp³-hybridized carbons (Fsp3) is 0.455. The third kappa shape index (κ3) is 1.58. The average molecular weight is 219 g/mol. The second-order valence-corrected chi connectivity index (χ2v) is 3.95. The Balaban J connectivity index is 2.56. The van der Waals surface area contributed by atoms with E-state index < -0.39 is 0 Å². The zero-order valence-electron chi connectivity index (χ0n) is 9.94. The lowest BCUT2D eigenvalue weighted by molar-refractivity contribution is 0.775. The molecule has 0 aromatic carbocycles. The molecule has 5 nitrogen and oxygen atoms in total. The number of hydrogen-bond donors (Lipinski definition) is 1. The van der Waals surface area contributed by atoms with Crippen molar-refractivity contribution in [1.29, 1.82) is 0 Å². The Bertz CT molecular complexity index is 494. The molecule has 0 radical (unpaired) electrons. The summed E-state index contributed by atoms with van der Waals surface area (Å²) in [5.74, 6) is 1.61. The van der Waals surface area contributed by atoms with Gasteiger partial charge in [-0.15, -0.1) is 0 Å². The van der Waals surface area contributed by atoms with Crippen LogP contribution in [0, 0.1) is 0 Å². The van der Waals surface area contributed by atoms with Crippen LogP contribution in [-0.4, -0.2) is 19.3 Å². The molecule has 0 bridgehead atoms. The van der Waals surface area contributed by atoms with Gasteiger partial charge in [-0.1, -0.05) is 13.3 Å². The van der Waals surface area contributed by atoms with E-state index in [0.717, 1.165) is 35.7 Å². The molecule has 5 heteroatoms. The molecule has 2 aromatic rings. The molecule has 86 valence electrons. The smallest absolute Gasteiger partial charge is 0.160 e. The molecule has 0 saturated carbocycles. The molecule has 0 spiro atoms. The van der Waals surface area contributed by atoms with Crippen LogP contribution in [0.15, 0.2) is 12.4 Å². The standard InChI is InChI=1S/C11H17N5/c1-4-5-8-9(14-16(3)10(8)12)11-13-6-7-15(11)2/h6-7H,4-5,12H2,1-3H3. The van der Waals surface area contributed by atoms with Crippen molar-refractivity contribution in [3.63, 3.8) is 0 Å². The van der Waals surface area contributed by atoms with Gasteiger partial charge >= 0.3 is 0 Å². The molecule has 0 unspecified atom stereocenters. The highest BCUT2D eigenvalue weighted by molar-refractivity contribution is 5.63. The number of nitrogens with zero attached hydrogens (tertiary/aromatic N) is 4. The lowest BCUT2D eigenvalue weighted by Gasteiger charge is -2.01. The molecular weight excluding hydrogens is 202 g/mol.